The lowest BCUT2D eigenvalue weighted by atomic mass is 10.1. The fraction of sp³-hybridized carbons (Fsp3) is 0.524. The number of rotatable bonds is 7. The van der Waals surface area contributed by atoms with Gasteiger partial charge in [0, 0.05) is 36.0 Å². The molecule has 1 atom stereocenters. The molecule has 1 saturated heterocycles. The molecule has 0 saturated carbocycles. The van der Waals surface area contributed by atoms with Crippen LogP contribution in [0.2, 0.25) is 0 Å². The zero-order chi connectivity index (χ0) is 17.6. The quantitative estimate of drug-likeness (QED) is 0.714. The Bertz CT molecular complexity index is 661. The van der Waals surface area contributed by atoms with Gasteiger partial charge in [-0.1, -0.05) is 24.3 Å². The zero-order valence-corrected chi connectivity index (χ0v) is 16.5. The molecular weight excluding hydrogens is 328 g/mol. The maximum Gasteiger partial charge on any atom is 0.0916 e. The van der Waals surface area contributed by atoms with Gasteiger partial charge in [0.2, 0.25) is 0 Å². The van der Waals surface area contributed by atoms with Gasteiger partial charge in [0.25, 0.3) is 0 Å². The maximum absolute atomic E-state index is 5.92. The Morgan fingerprint density at radius 1 is 1.00 bits per heavy atom. The Balaban J connectivity index is 1.55. The van der Waals surface area contributed by atoms with Gasteiger partial charge in [-0.2, -0.15) is 0 Å². The minimum atomic E-state index is 0.334. The molecule has 0 unspecified atom stereocenters. The second-order valence-corrected chi connectivity index (χ2v) is 8.59. The van der Waals surface area contributed by atoms with Crippen molar-refractivity contribution in [2.24, 2.45) is 0 Å². The minimum absolute atomic E-state index is 0.334. The van der Waals surface area contributed by atoms with Gasteiger partial charge in [0.15, 0.2) is 0 Å². The monoisotopic (exact) mass is 358 g/mol. The van der Waals surface area contributed by atoms with Gasteiger partial charge in [-0.15, -0.1) is 11.3 Å². The van der Waals surface area contributed by atoms with Gasteiger partial charge in [0.1, 0.15) is 0 Å². The van der Waals surface area contributed by atoms with Crippen molar-refractivity contribution in [3.63, 3.8) is 0 Å². The van der Waals surface area contributed by atoms with Crippen molar-refractivity contribution < 1.29 is 4.74 Å². The summed E-state index contributed by atoms with van der Waals surface area (Å²) in [6.07, 6.45) is 4.01. The van der Waals surface area contributed by atoms with Gasteiger partial charge >= 0.3 is 0 Å². The van der Waals surface area contributed by atoms with E-state index in [1.165, 1.54) is 40.1 Å². The van der Waals surface area contributed by atoms with Gasteiger partial charge in [-0.3, -0.25) is 4.90 Å². The van der Waals surface area contributed by atoms with E-state index >= 15 is 0 Å². The van der Waals surface area contributed by atoms with E-state index in [1.54, 1.807) is 0 Å². The summed E-state index contributed by atoms with van der Waals surface area (Å²) in [5.74, 6) is 0. The first-order chi connectivity index (χ1) is 12.1. The third kappa shape index (κ3) is 5.65. The fourth-order valence-electron chi connectivity index (χ4n) is 3.44. The van der Waals surface area contributed by atoms with Crippen molar-refractivity contribution in [1.29, 1.82) is 0 Å². The molecule has 3 nitrogen and oxygen atoms in total. The van der Waals surface area contributed by atoms with Crippen LogP contribution in [0.4, 0.5) is 0 Å². The van der Waals surface area contributed by atoms with E-state index in [0.717, 1.165) is 26.2 Å². The van der Waals surface area contributed by atoms with Crippen LogP contribution in [0.5, 0.6) is 0 Å². The Morgan fingerprint density at radius 2 is 1.80 bits per heavy atom. The Hall–Kier alpha value is -1.20. The van der Waals surface area contributed by atoms with E-state index in [1.807, 2.05) is 11.3 Å². The summed E-state index contributed by atoms with van der Waals surface area (Å²) < 4.78 is 5.92. The second kappa shape index (κ2) is 8.95. The fourth-order valence-corrected chi connectivity index (χ4v) is 4.62. The Kier molecular flexibility index (Phi) is 6.65. The lowest BCUT2D eigenvalue weighted by molar-refractivity contribution is 0.0172. The van der Waals surface area contributed by atoms with Crippen molar-refractivity contribution in [3.05, 3.63) is 57.3 Å². The van der Waals surface area contributed by atoms with E-state index in [4.69, 9.17) is 4.74 Å². The van der Waals surface area contributed by atoms with Crippen LogP contribution < -0.4 is 0 Å². The first kappa shape index (κ1) is 18.6. The topological polar surface area (TPSA) is 15.7 Å². The van der Waals surface area contributed by atoms with Crippen LogP contribution >= 0.6 is 11.3 Å². The molecule has 25 heavy (non-hydrogen) atoms. The molecule has 0 bridgehead atoms. The van der Waals surface area contributed by atoms with Crippen LogP contribution in [0.3, 0.4) is 0 Å². The minimum Gasteiger partial charge on any atom is -0.373 e. The van der Waals surface area contributed by atoms with Crippen molar-refractivity contribution in [2.45, 2.75) is 45.0 Å². The molecule has 136 valence electrons. The van der Waals surface area contributed by atoms with Gasteiger partial charge in [-0.25, -0.2) is 0 Å². The van der Waals surface area contributed by atoms with Crippen LogP contribution in [0.15, 0.2) is 36.4 Å². The molecule has 0 N–H and O–H groups in total. The molecular formula is C21H30N2OS. The molecule has 1 aliphatic rings. The number of ether oxygens (including phenoxy) is 1. The number of hydrogen-bond acceptors (Lipinski definition) is 4. The highest BCUT2D eigenvalue weighted by atomic mass is 32.1. The van der Waals surface area contributed by atoms with E-state index in [9.17, 15) is 0 Å². The highest BCUT2D eigenvalue weighted by Gasteiger charge is 2.18. The summed E-state index contributed by atoms with van der Waals surface area (Å²) in [7, 11) is 6.43. The average Bonchev–Trinajstić information content (AvgIpc) is 3.03. The smallest absolute Gasteiger partial charge is 0.0916 e. The molecule has 0 amide bonds. The van der Waals surface area contributed by atoms with E-state index in [2.05, 4.69) is 67.3 Å². The molecule has 4 heteroatoms. The van der Waals surface area contributed by atoms with Crippen molar-refractivity contribution in [3.8, 4) is 0 Å². The Morgan fingerprint density at radius 3 is 2.52 bits per heavy atom. The van der Waals surface area contributed by atoms with Crippen molar-refractivity contribution in [1.82, 2.24) is 9.80 Å². The summed E-state index contributed by atoms with van der Waals surface area (Å²) in [6.45, 7) is 3.89. The lowest BCUT2D eigenvalue weighted by Crippen LogP contribution is -2.17. The average molecular weight is 359 g/mol. The summed E-state index contributed by atoms with van der Waals surface area (Å²) >= 11 is 1.92. The largest absolute Gasteiger partial charge is 0.373 e. The third-order valence-electron chi connectivity index (χ3n) is 4.55. The number of benzene rings is 1. The number of nitrogens with zero attached hydrogens (tertiary/aromatic N) is 2. The molecule has 2 heterocycles. The maximum atomic E-state index is 5.92. The van der Waals surface area contributed by atoms with Gasteiger partial charge in [-0.05, 0) is 63.7 Å². The van der Waals surface area contributed by atoms with E-state index in [0.29, 0.717) is 6.10 Å². The molecule has 1 aromatic heterocycles. The summed E-state index contributed by atoms with van der Waals surface area (Å²) in [6, 6.07) is 13.5. The standard InChI is InChI=1S/C21H30N2OS/c1-22(2)14-17-7-6-8-18(13-17)15-23(3)16-19-10-11-21(25-19)20-9-4-5-12-24-20/h6-8,10-11,13,20H,4-5,9,12,14-16H2,1-3H3/t20-/m1/s1. The molecule has 0 spiro atoms. The molecule has 1 aliphatic heterocycles. The van der Waals surface area contributed by atoms with Crippen molar-refractivity contribution >= 4 is 11.3 Å². The van der Waals surface area contributed by atoms with Crippen LogP contribution in [0.1, 0.15) is 46.2 Å². The number of hydrogen-bond donors (Lipinski definition) is 0. The molecule has 3 rings (SSSR count). The van der Waals surface area contributed by atoms with Gasteiger partial charge < -0.3 is 9.64 Å². The summed E-state index contributed by atoms with van der Waals surface area (Å²) in [5.41, 5.74) is 2.76. The lowest BCUT2D eigenvalue weighted by Gasteiger charge is -2.21. The molecule has 2 aromatic rings. The molecule has 0 aliphatic carbocycles. The zero-order valence-electron chi connectivity index (χ0n) is 15.7. The first-order valence-electron chi connectivity index (χ1n) is 9.21. The second-order valence-electron chi connectivity index (χ2n) is 7.39. The van der Waals surface area contributed by atoms with Crippen LogP contribution in [-0.2, 0) is 24.4 Å². The first-order valence-corrected chi connectivity index (χ1v) is 10.0. The predicted octanol–water partition coefficient (Wildman–Crippen LogP) is 4.68. The number of thiophene rings is 1. The molecule has 0 radical (unpaired) electrons. The third-order valence-corrected chi connectivity index (χ3v) is 5.71. The summed E-state index contributed by atoms with van der Waals surface area (Å²) in [5, 5.41) is 0. The van der Waals surface area contributed by atoms with Gasteiger partial charge in [0.05, 0.1) is 6.10 Å². The highest BCUT2D eigenvalue weighted by Crippen LogP contribution is 2.33. The Labute approximate surface area is 156 Å². The van der Waals surface area contributed by atoms with E-state index in [-0.39, 0.29) is 0 Å². The van der Waals surface area contributed by atoms with Crippen LogP contribution in [0.25, 0.3) is 0 Å². The highest BCUT2D eigenvalue weighted by molar-refractivity contribution is 7.12. The van der Waals surface area contributed by atoms with Crippen LogP contribution in [-0.4, -0.2) is 37.5 Å². The van der Waals surface area contributed by atoms with Crippen LogP contribution in [0, 0.1) is 0 Å². The molecule has 1 aromatic carbocycles. The summed E-state index contributed by atoms with van der Waals surface area (Å²) in [4.78, 5) is 7.43. The van der Waals surface area contributed by atoms with E-state index < -0.39 is 0 Å². The predicted molar refractivity (Wildman–Crippen MR) is 106 cm³/mol. The van der Waals surface area contributed by atoms with Crippen molar-refractivity contribution in [2.75, 3.05) is 27.7 Å². The SMILES string of the molecule is CN(C)Cc1cccc(CN(C)Cc2ccc([C@H]3CCCCO3)s2)c1. The normalized spacial score (nSPS) is 18.2. The molecule has 1 fully saturated rings.